The molecule has 1 unspecified atom stereocenters. The molecule has 2 heterocycles. The van der Waals surface area contributed by atoms with Gasteiger partial charge in [-0.1, -0.05) is 18.2 Å². The lowest BCUT2D eigenvalue weighted by Gasteiger charge is -2.22. The van der Waals surface area contributed by atoms with Crippen LogP contribution in [0.25, 0.3) is 10.9 Å². The summed E-state index contributed by atoms with van der Waals surface area (Å²) in [6, 6.07) is 8.57. The van der Waals surface area contributed by atoms with Crippen molar-refractivity contribution in [3.8, 4) is 0 Å². The van der Waals surface area contributed by atoms with Crippen molar-refractivity contribution in [3.05, 3.63) is 36.0 Å². The highest BCUT2D eigenvalue weighted by molar-refractivity contribution is 5.83. The molecule has 15 heavy (non-hydrogen) atoms. The molecule has 1 atom stereocenters. The summed E-state index contributed by atoms with van der Waals surface area (Å²) in [6.45, 7) is 2.31. The Morgan fingerprint density at radius 1 is 1.20 bits per heavy atom. The number of hydrogen-bond acceptors (Lipinski definition) is 1. The Bertz CT molecular complexity index is 452. The summed E-state index contributed by atoms with van der Waals surface area (Å²) < 4.78 is 0. The number of fused-ring (bicyclic) bond motifs is 1. The molecule has 0 amide bonds. The van der Waals surface area contributed by atoms with Crippen LogP contribution in [0, 0.1) is 0 Å². The van der Waals surface area contributed by atoms with Gasteiger partial charge in [0.1, 0.15) is 0 Å². The lowest BCUT2D eigenvalue weighted by atomic mass is 9.91. The standard InChI is InChI=1S/C13H16N2/c1-2-6-13-11(5-1)12(9-15-13)10-4-3-7-14-8-10/h1-2,5-6,9-10,14-15H,3-4,7-8H2. The van der Waals surface area contributed by atoms with Gasteiger partial charge < -0.3 is 10.3 Å². The predicted molar refractivity (Wildman–Crippen MR) is 63.1 cm³/mol. The fourth-order valence-corrected chi connectivity index (χ4v) is 2.55. The quantitative estimate of drug-likeness (QED) is 0.727. The first-order chi connectivity index (χ1) is 7.45. The maximum absolute atomic E-state index is 3.47. The molecule has 0 aliphatic carbocycles. The van der Waals surface area contributed by atoms with Gasteiger partial charge in [-0.2, -0.15) is 0 Å². The molecule has 1 aromatic heterocycles. The maximum Gasteiger partial charge on any atom is 0.0456 e. The molecule has 2 heteroatoms. The molecule has 0 radical (unpaired) electrons. The van der Waals surface area contributed by atoms with Crippen molar-refractivity contribution in [3.63, 3.8) is 0 Å². The Hall–Kier alpha value is -1.28. The van der Waals surface area contributed by atoms with Gasteiger partial charge in [0.15, 0.2) is 0 Å². The number of aromatic amines is 1. The van der Waals surface area contributed by atoms with Crippen molar-refractivity contribution in [2.45, 2.75) is 18.8 Å². The number of benzene rings is 1. The third kappa shape index (κ3) is 1.55. The summed E-state index contributed by atoms with van der Waals surface area (Å²) in [5.74, 6) is 0.690. The largest absolute Gasteiger partial charge is 0.361 e. The van der Waals surface area contributed by atoms with E-state index in [1.54, 1.807) is 0 Å². The van der Waals surface area contributed by atoms with Crippen molar-refractivity contribution >= 4 is 10.9 Å². The van der Waals surface area contributed by atoms with E-state index in [4.69, 9.17) is 0 Å². The second kappa shape index (κ2) is 3.70. The van der Waals surface area contributed by atoms with Crippen molar-refractivity contribution in [1.29, 1.82) is 0 Å². The monoisotopic (exact) mass is 200 g/mol. The van der Waals surface area contributed by atoms with Gasteiger partial charge in [-0.15, -0.1) is 0 Å². The molecule has 3 rings (SSSR count). The molecule has 1 fully saturated rings. The molecule has 78 valence electrons. The molecule has 1 saturated heterocycles. The molecular weight excluding hydrogens is 184 g/mol. The van der Waals surface area contributed by atoms with E-state index in [1.165, 1.54) is 35.9 Å². The van der Waals surface area contributed by atoms with Gasteiger partial charge in [0.2, 0.25) is 0 Å². The van der Waals surface area contributed by atoms with Gasteiger partial charge in [0.05, 0.1) is 0 Å². The van der Waals surface area contributed by atoms with Crippen LogP contribution in [0.1, 0.15) is 24.3 Å². The van der Waals surface area contributed by atoms with Crippen molar-refractivity contribution in [2.24, 2.45) is 0 Å². The highest BCUT2D eigenvalue weighted by Gasteiger charge is 2.17. The second-order valence-corrected chi connectivity index (χ2v) is 4.33. The van der Waals surface area contributed by atoms with E-state index < -0.39 is 0 Å². The van der Waals surface area contributed by atoms with E-state index in [0.29, 0.717) is 5.92 Å². The van der Waals surface area contributed by atoms with Crippen LogP contribution in [0.4, 0.5) is 0 Å². The first kappa shape index (κ1) is 8.98. The molecule has 0 spiro atoms. The minimum Gasteiger partial charge on any atom is -0.361 e. The minimum atomic E-state index is 0.690. The summed E-state index contributed by atoms with van der Waals surface area (Å²) >= 11 is 0. The summed E-state index contributed by atoms with van der Waals surface area (Å²) in [7, 11) is 0. The highest BCUT2D eigenvalue weighted by Crippen LogP contribution is 2.29. The Balaban J connectivity index is 2.02. The Kier molecular flexibility index (Phi) is 2.22. The van der Waals surface area contributed by atoms with Crippen LogP contribution in [-0.4, -0.2) is 18.1 Å². The van der Waals surface area contributed by atoms with E-state index in [0.717, 1.165) is 6.54 Å². The van der Waals surface area contributed by atoms with Crippen molar-refractivity contribution in [2.75, 3.05) is 13.1 Å². The van der Waals surface area contributed by atoms with E-state index in [-0.39, 0.29) is 0 Å². The number of aromatic nitrogens is 1. The molecule has 1 aliphatic heterocycles. The molecule has 0 bridgehead atoms. The van der Waals surface area contributed by atoms with Gasteiger partial charge in [-0.3, -0.25) is 0 Å². The fourth-order valence-electron chi connectivity index (χ4n) is 2.55. The van der Waals surface area contributed by atoms with Crippen molar-refractivity contribution < 1.29 is 0 Å². The SMILES string of the molecule is c1ccc2c(C3CCCNC3)c[nH]c2c1. The number of nitrogens with one attached hydrogen (secondary N) is 2. The van der Waals surface area contributed by atoms with Crippen LogP contribution in [-0.2, 0) is 0 Å². The summed E-state index contributed by atoms with van der Waals surface area (Å²) in [5, 5.41) is 4.87. The predicted octanol–water partition coefficient (Wildman–Crippen LogP) is 2.63. The maximum atomic E-state index is 3.47. The van der Waals surface area contributed by atoms with E-state index in [2.05, 4.69) is 40.8 Å². The van der Waals surface area contributed by atoms with Crippen LogP contribution in [0.2, 0.25) is 0 Å². The average Bonchev–Trinajstić information content (AvgIpc) is 2.74. The average molecular weight is 200 g/mol. The normalized spacial score (nSPS) is 22.0. The first-order valence-corrected chi connectivity index (χ1v) is 5.72. The van der Waals surface area contributed by atoms with Crippen LogP contribution in [0.3, 0.4) is 0 Å². The second-order valence-electron chi connectivity index (χ2n) is 4.33. The molecule has 1 aliphatic rings. The fraction of sp³-hybridized carbons (Fsp3) is 0.385. The Morgan fingerprint density at radius 3 is 3.00 bits per heavy atom. The van der Waals surface area contributed by atoms with Gasteiger partial charge in [0, 0.05) is 23.6 Å². The molecule has 2 aromatic rings. The van der Waals surface area contributed by atoms with Gasteiger partial charge in [-0.05, 0) is 36.9 Å². The number of hydrogen-bond donors (Lipinski definition) is 2. The zero-order valence-corrected chi connectivity index (χ0v) is 8.79. The summed E-state index contributed by atoms with van der Waals surface area (Å²) in [4.78, 5) is 3.36. The molecular formula is C13H16N2. The van der Waals surface area contributed by atoms with Gasteiger partial charge in [0.25, 0.3) is 0 Å². The Labute approximate surface area is 89.7 Å². The van der Waals surface area contributed by atoms with Gasteiger partial charge in [-0.25, -0.2) is 0 Å². The topological polar surface area (TPSA) is 27.8 Å². The van der Waals surface area contributed by atoms with Crippen molar-refractivity contribution in [1.82, 2.24) is 10.3 Å². The lowest BCUT2D eigenvalue weighted by Crippen LogP contribution is -2.28. The van der Waals surface area contributed by atoms with Crippen LogP contribution >= 0.6 is 0 Å². The summed E-state index contributed by atoms with van der Waals surface area (Å²) in [6.07, 6.45) is 4.79. The van der Waals surface area contributed by atoms with Crippen LogP contribution < -0.4 is 5.32 Å². The van der Waals surface area contributed by atoms with Crippen LogP contribution in [0.15, 0.2) is 30.5 Å². The zero-order chi connectivity index (χ0) is 10.1. The van der Waals surface area contributed by atoms with Crippen LogP contribution in [0.5, 0.6) is 0 Å². The number of rotatable bonds is 1. The number of H-pyrrole nitrogens is 1. The highest BCUT2D eigenvalue weighted by atomic mass is 14.9. The summed E-state index contributed by atoms with van der Waals surface area (Å²) in [5.41, 5.74) is 2.75. The third-order valence-electron chi connectivity index (χ3n) is 3.36. The first-order valence-electron chi connectivity index (χ1n) is 5.72. The number of para-hydroxylation sites is 1. The number of piperidine rings is 1. The lowest BCUT2D eigenvalue weighted by molar-refractivity contribution is 0.463. The van der Waals surface area contributed by atoms with E-state index >= 15 is 0 Å². The van der Waals surface area contributed by atoms with E-state index in [1.807, 2.05) is 0 Å². The molecule has 2 nitrogen and oxygen atoms in total. The minimum absolute atomic E-state index is 0.690. The Morgan fingerprint density at radius 2 is 2.13 bits per heavy atom. The van der Waals surface area contributed by atoms with Gasteiger partial charge >= 0.3 is 0 Å². The molecule has 1 aromatic carbocycles. The third-order valence-corrected chi connectivity index (χ3v) is 3.36. The van der Waals surface area contributed by atoms with E-state index in [9.17, 15) is 0 Å². The molecule has 2 N–H and O–H groups in total. The smallest absolute Gasteiger partial charge is 0.0456 e. The zero-order valence-electron chi connectivity index (χ0n) is 8.79. The molecule has 0 saturated carbocycles.